The summed E-state index contributed by atoms with van der Waals surface area (Å²) < 4.78 is 10.1. The summed E-state index contributed by atoms with van der Waals surface area (Å²) in [5.41, 5.74) is 0. The molecule has 0 aromatic rings. The lowest BCUT2D eigenvalue weighted by molar-refractivity contribution is 0.206. The van der Waals surface area contributed by atoms with Crippen LogP contribution < -0.4 is 0 Å². The molecule has 0 aliphatic carbocycles. The first kappa shape index (κ1) is 16.2. The molecular formula is C6H11Br4O3P. The van der Waals surface area contributed by atoms with Crippen molar-refractivity contribution in [1.29, 1.82) is 0 Å². The summed E-state index contributed by atoms with van der Waals surface area (Å²) in [5.74, 6) is 0. The predicted octanol–water partition coefficient (Wildman–Crippen LogP) is 3.56. The van der Waals surface area contributed by atoms with Gasteiger partial charge in [0.1, 0.15) is 0 Å². The van der Waals surface area contributed by atoms with Crippen LogP contribution in [0.3, 0.4) is 0 Å². The van der Waals surface area contributed by atoms with E-state index >= 15 is 0 Å². The van der Waals surface area contributed by atoms with E-state index in [0.717, 1.165) is 10.7 Å². The Labute approximate surface area is 119 Å². The van der Waals surface area contributed by atoms with Gasteiger partial charge in [-0.2, -0.15) is 0 Å². The van der Waals surface area contributed by atoms with E-state index in [0.29, 0.717) is 13.2 Å². The zero-order chi connectivity index (χ0) is 11.0. The van der Waals surface area contributed by atoms with Gasteiger partial charge in [0.15, 0.2) is 0 Å². The second-order valence-electron chi connectivity index (χ2n) is 2.33. The summed E-state index contributed by atoms with van der Waals surface area (Å²) in [6.45, 7) is 0.851. The molecule has 14 heavy (non-hydrogen) atoms. The van der Waals surface area contributed by atoms with Crippen LogP contribution in [-0.4, -0.2) is 38.4 Å². The van der Waals surface area contributed by atoms with Gasteiger partial charge in [-0.25, -0.2) is 0 Å². The van der Waals surface area contributed by atoms with Gasteiger partial charge in [0.2, 0.25) is 0 Å². The van der Waals surface area contributed by atoms with Gasteiger partial charge in [-0.15, -0.1) is 0 Å². The van der Waals surface area contributed by atoms with Gasteiger partial charge in [-0.05, 0) is 0 Å². The maximum absolute atomic E-state index is 9.29. The smallest absolute Gasteiger partial charge is 0.328 e. The monoisotopic (exact) mass is 478 g/mol. The number of hydrogen-bond donors (Lipinski definition) is 1. The molecule has 0 saturated carbocycles. The molecule has 0 amide bonds. The fourth-order valence-corrected chi connectivity index (χ4v) is 2.15. The molecule has 0 spiro atoms. The van der Waals surface area contributed by atoms with E-state index in [9.17, 15) is 4.89 Å². The van der Waals surface area contributed by atoms with Crippen molar-refractivity contribution in [3.63, 3.8) is 0 Å². The average Bonchev–Trinajstić information content (AvgIpc) is 2.22. The Kier molecular flexibility index (Phi) is 12.0. The molecule has 0 saturated heterocycles. The molecule has 86 valence electrons. The fourth-order valence-electron chi connectivity index (χ4n) is 0.416. The first-order valence-corrected chi connectivity index (χ1v) is 8.95. The van der Waals surface area contributed by atoms with E-state index in [2.05, 4.69) is 63.7 Å². The zero-order valence-corrected chi connectivity index (χ0v) is 14.4. The van der Waals surface area contributed by atoms with Crippen molar-refractivity contribution in [2.45, 2.75) is 9.65 Å². The van der Waals surface area contributed by atoms with Crippen LogP contribution in [0.2, 0.25) is 0 Å². The highest BCUT2D eigenvalue weighted by molar-refractivity contribution is 9.12. The molecule has 0 bridgehead atoms. The normalized spacial score (nSPS) is 17.8. The van der Waals surface area contributed by atoms with Crippen LogP contribution in [0, 0.1) is 0 Å². The van der Waals surface area contributed by atoms with Crippen molar-refractivity contribution < 1.29 is 13.9 Å². The molecule has 8 heteroatoms. The highest BCUT2D eigenvalue weighted by Gasteiger charge is 2.12. The van der Waals surface area contributed by atoms with Gasteiger partial charge in [0.05, 0.1) is 13.2 Å². The van der Waals surface area contributed by atoms with Crippen molar-refractivity contribution in [1.82, 2.24) is 0 Å². The highest BCUT2D eigenvalue weighted by Crippen LogP contribution is 2.34. The zero-order valence-electron chi connectivity index (χ0n) is 7.21. The lowest BCUT2D eigenvalue weighted by Crippen LogP contribution is -2.11. The summed E-state index contributed by atoms with van der Waals surface area (Å²) >= 11 is 13.3. The molecule has 0 aromatic carbocycles. The standard InChI is InChI=1S/C6H11Br4O3P/c7-1-5(9)3-12-14(11)13-4-6(10)2-8/h5-6,11H,1-4H2. The summed E-state index contributed by atoms with van der Waals surface area (Å²) in [5, 5.41) is 1.55. The minimum Gasteiger partial charge on any atom is -0.328 e. The topological polar surface area (TPSA) is 38.7 Å². The largest absolute Gasteiger partial charge is 0.329 e. The quantitative estimate of drug-likeness (QED) is 0.426. The van der Waals surface area contributed by atoms with Crippen LogP contribution in [0.15, 0.2) is 0 Å². The van der Waals surface area contributed by atoms with E-state index in [1.165, 1.54) is 0 Å². The summed E-state index contributed by atoms with van der Waals surface area (Å²) in [6.07, 6.45) is 0. The Hall–Kier alpha value is 2.23. The fraction of sp³-hybridized carbons (Fsp3) is 1.00. The Morgan fingerprint density at radius 1 is 1.00 bits per heavy atom. The van der Waals surface area contributed by atoms with E-state index < -0.39 is 8.60 Å². The molecule has 1 N–H and O–H groups in total. The van der Waals surface area contributed by atoms with Gasteiger partial charge < -0.3 is 13.9 Å². The van der Waals surface area contributed by atoms with Gasteiger partial charge >= 0.3 is 8.60 Å². The van der Waals surface area contributed by atoms with Gasteiger partial charge in [0, 0.05) is 20.3 Å². The van der Waals surface area contributed by atoms with E-state index in [1.807, 2.05) is 0 Å². The van der Waals surface area contributed by atoms with Crippen LogP contribution in [0.4, 0.5) is 0 Å². The van der Waals surface area contributed by atoms with Gasteiger partial charge in [-0.1, -0.05) is 63.7 Å². The maximum atomic E-state index is 9.29. The lowest BCUT2D eigenvalue weighted by atomic mass is 10.5. The lowest BCUT2D eigenvalue weighted by Gasteiger charge is -2.13. The molecule has 0 rings (SSSR count). The first-order valence-electron chi connectivity index (χ1n) is 3.75. The first-order chi connectivity index (χ1) is 6.60. The van der Waals surface area contributed by atoms with Gasteiger partial charge in [-0.3, -0.25) is 0 Å². The average molecular weight is 482 g/mol. The van der Waals surface area contributed by atoms with Crippen LogP contribution in [0.5, 0.6) is 0 Å². The molecule has 0 radical (unpaired) electrons. The van der Waals surface area contributed by atoms with E-state index in [-0.39, 0.29) is 9.65 Å². The summed E-state index contributed by atoms with van der Waals surface area (Å²) in [6, 6.07) is 0. The van der Waals surface area contributed by atoms with Crippen LogP contribution in [0.1, 0.15) is 0 Å². The molecule has 0 fully saturated rings. The van der Waals surface area contributed by atoms with Crippen molar-refractivity contribution in [2.24, 2.45) is 0 Å². The molecule has 0 aliphatic heterocycles. The molecular weight excluding hydrogens is 471 g/mol. The molecule has 0 aromatic heterocycles. The third-order valence-electron chi connectivity index (χ3n) is 1.07. The van der Waals surface area contributed by atoms with Crippen LogP contribution in [-0.2, 0) is 9.05 Å². The second-order valence-corrected chi connectivity index (χ2v) is 7.21. The highest BCUT2D eigenvalue weighted by atomic mass is 79.9. The van der Waals surface area contributed by atoms with Crippen LogP contribution >= 0.6 is 72.3 Å². The van der Waals surface area contributed by atoms with Crippen molar-refractivity contribution >= 4 is 72.3 Å². The number of halogens is 4. The Bertz CT molecular complexity index is 128. The second kappa shape index (κ2) is 10.4. The summed E-state index contributed by atoms with van der Waals surface area (Å²) in [4.78, 5) is 9.67. The van der Waals surface area contributed by atoms with Crippen LogP contribution in [0.25, 0.3) is 0 Å². The number of rotatable bonds is 8. The Morgan fingerprint density at radius 2 is 1.36 bits per heavy atom. The SMILES string of the molecule is OP(OCC(Br)CBr)OCC(Br)CBr. The summed E-state index contributed by atoms with van der Waals surface area (Å²) in [7, 11) is -1.76. The molecule has 2 unspecified atom stereocenters. The van der Waals surface area contributed by atoms with Gasteiger partial charge in [0.25, 0.3) is 0 Å². The molecule has 2 atom stereocenters. The van der Waals surface area contributed by atoms with Crippen molar-refractivity contribution in [3.8, 4) is 0 Å². The minimum absolute atomic E-state index is 0.194. The van der Waals surface area contributed by atoms with E-state index in [1.54, 1.807) is 0 Å². The predicted molar refractivity (Wildman–Crippen MR) is 74.1 cm³/mol. The maximum Gasteiger partial charge on any atom is 0.329 e. The Balaban J connectivity index is 3.40. The molecule has 3 nitrogen and oxygen atoms in total. The third-order valence-corrected chi connectivity index (χ3v) is 6.28. The number of hydrogen-bond acceptors (Lipinski definition) is 3. The molecule has 0 aliphatic rings. The minimum atomic E-state index is -1.76. The number of alkyl halides is 4. The third kappa shape index (κ3) is 9.46. The van der Waals surface area contributed by atoms with E-state index in [4.69, 9.17) is 9.05 Å². The Morgan fingerprint density at radius 3 is 1.64 bits per heavy atom. The van der Waals surface area contributed by atoms with Crippen molar-refractivity contribution in [3.05, 3.63) is 0 Å². The van der Waals surface area contributed by atoms with Crippen molar-refractivity contribution in [2.75, 3.05) is 23.9 Å². The molecule has 0 heterocycles.